The largest absolute Gasteiger partial charge is 0.444 e. The van der Waals surface area contributed by atoms with Gasteiger partial charge in [-0.05, 0) is 51.8 Å². The summed E-state index contributed by atoms with van der Waals surface area (Å²) in [6, 6.07) is 6.67. The molecule has 1 saturated heterocycles. The van der Waals surface area contributed by atoms with Gasteiger partial charge in [-0.1, -0.05) is 18.2 Å². The second-order valence-corrected chi connectivity index (χ2v) is 6.60. The van der Waals surface area contributed by atoms with Crippen molar-refractivity contribution >= 4 is 6.09 Å². The molecule has 1 aliphatic heterocycles. The third kappa shape index (κ3) is 4.43. The van der Waals surface area contributed by atoms with Gasteiger partial charge in [0.1, 0.15) is 11.4 Å². The zero-order valence-electron chi connectivity index (χ0n) is 12.8. The van der Waals surface area contributed by atoms with E-state index in [2.05, 4.69) is 10.6 Å². The molecule has 1 aromatic carbocycles. The molecular weight excluding hydrogens is 271 g/mol. The Bertz CT molecular complexity index is 505. The molecule has 0 aromatic heterocycles. The van der Waals surface area contributed by atoms with Gasteiger partial charge in [0.15, 0.2) is 0 Å². The number of benzene rings is 1. The molecule has 1 aromatic rings. The number of carbonyl (C=O) groups is 1. The summed E-state index contributed by atoms with van der Waals surface area (Å²) in [5.41, 5.74) is -0.433. The number of ether oxygens (including phenoxy) is 1. The van der Waals surface area contributed by atoms with Gasteiger partial charge in [0.25, 0.3) is 0 Å². The topological polar surface area (TPSA) is 50.4 Å². The number of hydrogen-bond donors (Lipinski definition) is 2. The molecule has 1 atom stereocenters. The maximum Gasteiger partial charge on any atom is 0.408 e. The van der Waals surface area contributed by atoms with Crippen LogP contribution in [0.4, 0.5) is 9.18 Å². The van der Waals surface area contributed by atoms with Crippen molar-refractivity contribution in [3.8, 4) is 0 Å². The highest BCUT2D eigenvalue weighted by molar-refractivity contribution is 5.69. The quantitative estimate of drug-likeness (QED) is 0.901. The van der Waals surface area contributed by atoms with E-state index in [1.165, 1.54) is 6.07 Å². The minimum Gasteiger partial charge on any atom is -0.444 e. The van der Waals surface area contributed by atoms with Crippen LogP contribution in [0.5, 0.6) is 0 Å². The SMILES string of the molecule is CC(C)(C)OC(=O)NC1(Cc2ccccc2F)CCNC1. The van der Waals surface area contributed by atoms with Gasteiger partial charge in [-0.2, -0.15) is 0 Å². The van der Waals surface area contributed by atoms with Crippen LogP contribution in [0.2, 0.25) is 0 Å². The van der Waals surface area contributed by atoms with Crippen molar-refractivity contribution < 1.29 is 13.9 Å². The maximum atomic E-state index is 13.9. The number of nitrogens with one attached hydrogen (secondary N) is 2. The van der Waals surface area contributed by atoms with Gasteiger partial charge in [-0.3, -0.25) is 0 Å². The molecule has 2 N–H and O–H groups in total. The Morgan fingerprint density at radius 1 is 1.43 bits per heavy atom. The Morgan fingerprint density at radius 3 is 2.71 bits per heavy atom. The van der Waals surface area contributed by atoms with E-state index in [0.717, 1.165) is 13.0 Å². The van der Waals surface area contributed by atoms with Crippen LogP contribution >= 0.6 is 0 Å². The molecule has 0 bridgehead atoms. The van der Waals surface area contributed by atoms with Crippen molar-refractivity contribution in [3.05, 3.63) is 35.6 Å². The third-order valence-electron chi connectivity index (χ3n) is 3.50. The lowest BCUT2D eigenvalue weighted by Gasteiger charge is -2.31. The zero-order valence-corrected chi connectivity index (χ0v) is 12.8. The summed E-state index contributed by atoms with van der Waals surface area (Å²) < 4.78 is 19.2. The lowest BCUT2D eigenvalue weighted by molar-refractivity contribution is 0.0462. The van der Waals surface area contributed by atoms with Gasteiger partial charge in [0.05, 0.1) is 5.54 Å². The highest BCUT2D eigenvalue weighted by atomic mass is 19.1. The molecule has 1 heterocycles. The van der Waals surface area contributed by atoms with Crippen LogP contribution in [0.3, 0.4) is 0 Å². The minimum absolute atomic E-state index is 0.241. The molecule has 21 heavy (non-hydrogen) atoms. The van der Waals surface area contributed by atoms with E-state index in [0.29, 0.717) is 18.5 Å². The van der Waals surface area contributed by atoms with E-state index in [4.69, 9.17) is 4.74 Å². The Morgan fingerprint density at radius 2 is 2.14 bits per heavy atom. The standard InChI is InChI=1S/C16H23FN2O2/c1-15(2,3)21-14(20)19-16(8-9-18-11-16)10-12-6-4-5-7-13(12)17/h4-7,18H,8-11H2,1-3H3,(H,19,20). The van der Waals surface area contributed by atoms with Crippen LogP contribution in [0.15, 0.2) is 24.3 Å². The van der Waals surface area contributed by atoms with E-state index in [-0.39, 0.29) is 5.82 Å². The van der Waals surface area contributed by atoms with Gasteiger partial charge in [-0.15, -0.1) is 0 Å². The second kappa shape index (κ2) is 6.02. The summed E-state index contributed by atoms with van der Waals surface area (Å²) >= 11 is 0. The van der Waals surface area contributed by atoms with Crippen molar-refractivity contribution in [1.82, 2.24) is 10.6 Å². The first-order valence-corrected chi connectivity index (χ1v) is 7.25. The summed E-state index contributed by atoms with van der Waals surface area (Å²) in [6.45, 7) is 6.87. The fraction of sp³-hybridized carbons (Fsp3) is 0.562. The van der Waals surface area contributed by atoms with Crippen LogP contribution in [-0.4, -0.2) is 30.3 Å². The number of carbonyl (C=O) groups excluding carboxylic acids is 1. The Balaban J connectivity index is 2.10. The smallest absolute Gasteiger partial charge is 0.408 e. The van der Waals surface area contributed by atoms with Crippen LogP contribution < -0.4 is 10.6 Å². The van der Waals surface area contributed by atoms with Crippen molar-refractivity contribution in [2.75, 3.05) is 13.1 Å². The highest BCUT2D eigenvalue weighted by Crippen LogP contribution is 2.23. The number of alkyl carbamates (subject to hydrolysis) is 1. The summed E-state index contributed by atoms with van der Waals surface area (Å²) in [4.78, 5) is 12.0. The fourth-order valence-corrected chi connectivity index (χ4v) is 2.57. The summed E-state index contributed by atoms with van der Waals surface area (Å²) in [7, 11) is 0. The van der Waals surface area contributed by atoms with Gasteiger partial charge in [-0.25, -0.2) is 9.18 Å². The van der Waals surface area contributed by atoms with Crippen molar-refractivity contribution in [3.63, 3.8) is 0 Å². The summed E-state index contributed by atoms with van der Waals surface area (Å²) in [6.07, 6.45) is 0.745. The normalized spacial score (nSPS) is 22.1. The zero-order chi connectivity index (χ0) is 15.5. The Labute approximate surface area is 125 Å². The number of halogens is 1. The fourth-order valence-electron chi connectivity index (χ4n) is 2.57. The van der Waals surface area contributed by atoms with E-state index < -0.39 is 17.2 Å². The van der Waals surface area contributed by atoms with E-state index in [1.54, 1.807) is 12.1 Å². The van der Waals surface area contributed by atoms with Crippen LogP contribution in [0.1, 0.15) is 32.8 Å². The molecule has 116 valence electrons. The first-order chi connectivity index (χ1) is 9.80. The third-order valence-corrected chi connectivity index (χ3v) is 3.50. The minimum atomic E-state index is -0.546. The molecule has 1 unspecified atom stereocenters. The lowest BCUT2D eigenvalue weighted by atomic mass is 9.90. The molecule has 0 aliphatic carbocycles. The molecule has 4 nitrogen and oxygen atoms in total. The molecule has 1 aliphatic rings. The first-order valence-electron chi connectivity index (χ1n) is 7.25. The molecule has 1 amide bonds. The van der Waals surface area contributed by atoms with Crippen LogP contribution in [-0.2, 0) is 11.2 Å². The van der Waals surface area contributed by atoms with Gasteiger partial charge in [0, 0.05) is 6.54 Å². The predicted molar refractivity (Wildman–Crippen MR) is 79.7 cm³/mol. The molecule has 1 fully saturated rings. The molecule has 2 rings (SSSR count). The average Bonchev–Trinajstić information content (AvgIpc) is 2.78. The predicted octanol–water partition coefficient (Wildman–Crippen LogP) is 2.63. The molecule has 0 spiro atoms. The van der Waals surface area contributed by atoms with Gasteiger partial charge >= 0.3 is 6.09 Å². The van der Waals surface area contributed by atoms with Gasteiger partial charge < -0.3 is 15.4 Å². The Hall–Kier alpha value is -1.62. The first kappa shape index (κ1) is 15.8. The molecular formula is C16H23FN2O2. The van der Waals surface area contributed by atoms with E-state index in [1.807, 2.05) is 26.8 Å². The van der Waals surface area contributed by atoms with Crippen molar-refractivity contribution in [1.29, 1.82) is 0 Å². The number of rotatable bonds is 3. The van der Waals surface area contributed by atoms with E-state index >= 15 is 0 Å². The lowest BCUT2D eigenvalue weighted by Crippen LogP contribution is -2.53. The monoisotopic (exact) mass is 294 g/mol. The summed E-state index contributed by atoms with van der Waals surface area (Å²) in [5, 5.41) is 6.16. The number of hydrogen-bond acceptors (Lipinski definition) is 3. The number of amides is 1. The van der Waals surface area contributed by atoms with Crippen LogP contribution in [0.25, 0.3) is 0 Å². The summed E-state index contributed by atoms with van der Waals surface area (Å²) in [5.74, 6) is -0.241. The second-order valence-electron chi connectivity index (χ2n) is 6.60. The van der Waals surface area contributed by atoms with Crippen LogP contribution in [0, 0.1) is 5.82 Å². The van der Waals surface area contributed by atoms with E-state index in [9.17, 15) is 9.18 Å². The van der Waals surface area contributed by atoms with Gasteiger partial charge in [0.2, 0.25) is 0 Å². The molecule has 0 saturated carbocycles. The molecule has 5 heteroatoms. The average molecular weight is 294 g/mol. The molecule has 0 radical (unpaired) electrons. The van der Waals surface area contributed by atoms with Crippen molar-refractivity contribution in [2.45, 2.75) is 44.8 Å². The maximum absolute atomic E-state index is 13.9. The van der Waals surface area contributed by atoms with Crippen molar-refractivity contribution in [2.24, 2.45) is 0 Å². The highest BCUT2D eigenvalue weighted by Gasteiger charge is 2.37. The Kier molecular flexibility index (Phi) is 4.52.